The predicted molar refractivity (Wildman–Crippen MR) is 87.5 cm³/mol. The van der Waals surface area contributed by atoms with Crippen molar-refractivity contribution in [1.82, 2.24) is 14.9 Å². The summed E-state index contributed by atoms with van der Waals surface area (Å²) in [5, 5.41) is 0. The number of guanidine groups is 1. The number of aromatic nitrogens is 2. The summed E-state index contributed by atoms with van der Waals surface area (Å²) >= 11 is 0. The summed E-state index contributed by atoms with van der Waals surface area (Å²) in [5.74, 6) is 2.11. The second-order valence-corrected chi connectivity index (χ2v) is 4.96. The first-order chi connectivity index (χ1) is 8.65. The SMILES string of the molecule is Cc1nccc(CN=C(N)N2CCCC(C)C2)n1.I. The molecule has 2 N–H and O–H groups in total. The van der Waals surface area contributed by atoms with Gasteiger partial charge in [0.1, 0.15) is 5.82 Å². The van der Waals surface area contributed by atoms with Crippen molar-refractivity contribution < 1.29 is 0 Å². The Morgan fingerprint density at radius 3 is 3.05 bits per heavy atom. The zero-order chi connectivity index (χ0) is 13.0. The molecule has 1 aliphatic heterocycles. The molecule has 1 saturated heterocycles. The number of piperidine rings is 1. The Labute approximate surface area is 131 Å². The molecule has 5 nitrogen and oxygen atoms in total. The topological polar surface area (TPSA) is 67.4 Å². The third-order valence-corrected chi connectivity index (χ3v) is 3.22. The molecular formula is C13H22IN5. The van der Waals surface area contributed by atoms with Crippen LogP contribution in [0.15, 0.2) is 17.3 Å². The number of rotatable bonds is 2. The fourth-order valence-corrected chi connectivity index (χ4v) is 2.25. The fourth-order valence-electron chi connectivity index (χ4n) is 2.25. The van der Waals surface area contributed by atoms with Crippen LogP contribution in [-0.2, 0) is 6.54 Å². The number of aliphatic imine (C=N–C) groups is 1. The molecule has 0 aromatic carbocycles. The van der Waals surface area contributed by atoms with Crippen molar-refractivity contribution in [3.05, 3.63) is 23.8 Å². The molecule has 1 aliphatic rings. The zero-order valence-corrected chi connectivity index (χ0v) is 13.9. The number of aryl methyl sites for hydroxylation is 1. The summed E-state index contributed by atoms with van der Waals surface area (Å²) in [6, 6.07) is 1.88. The molecular weight excluding hydrogens is 353 g/mol. The molecule has 2 rings (SSSR count). The summed E-state index contributed by atoms with van der Waals surface area (Å²) in [6.45, 7) is 6.69. The van der Waals surface area contributed by atoms with Gasteiger partial charge in [0.05, 0.1) is 12.2 Å². The number of nitrogens with zero attached hydrogens (tertiary/aromatic N) is 4. The van der Waals surface area contributed by atoms with E-state index in [2.05, 4.69) is 26.8 Å². The van der Waals surface area contributed by atoms with E-state index in [4.69, 9.17) is 5.73 Å². The lowest BCUT2D eigenvalue weighted by molar-refractivity contribution is 0.270. The third-order valence-electron chi connectivity index (χ3n) is 3.22. The molecule has 0 spiro atoms. The first-order valence-corrected chi connectivity index (χ1v) is 6.48. The van der Waals surface area contributed by atoms with Gasteiger partial charge in [0.25, 0.3) is 0 Å². The molecule has 1 aromatic rings. The predicted octanol–water partition coefficient (Wildman–Crippen LogP) is 1.95. The van der Waals surface area contributed by atoms with E-state index in [0.29, 0.717) is 18.4 Å². The average molecular weight is 375 g/mol. The maximum atomic E-state index is 6.03. The van der Waals surface area contributed by atoms with E-state index in [1.54, 1.807) is 6.20 Å². The van der Waals surface area contributed by atoms with E-state index in [-0.39, 0.29) is 24.0 Å². The highest BCUT2D eigenvalue weighted by molar-refractivity contribution is 14.0. The molecule has 1 atom stereocenters. The first kappa shape index (κ1) is 16.1. The summed E-state index contributed by atoms with van der Waals surface area (Å²) in [5.41, 5.74) is 6.94. The highest BCUT2D eigenvalue weighted by atomic mass is 127. The molecule has 0 bridgehead atoms. The van der Waals surface area contributed by atoms with E-state index < -0.39 is 0 Å². The molecule has 6 heteroatoms. The maximum Gasteiger partial charge on any atom is 0.191 e. The Hall–Kier alpha value is -0.920. The van der Waals surface area contributed by atoms with Gasteiger partial charge < -0.3 is 10.6 Å². The van der Waals surface area contributed by atoms with Crippen molar-refractivity contribution in [3.8, 4) is 0 Å². The smallest absolute Gasteiger partial charge is 0.191 e. The lowest BCUT2D eigenvalue weighted by Crippen LogP contribution is -2.43. The van der Waals surface area contributed by atoms with E-state index in [0.717, 1.165) is 24.6 Å². The molecule has 1 aromatic heterocycles. The van der Waals surface area contributed by atoms with Gasteiger partial charge in [-0.1, -0.05) is 6.92 Å². The van der Waals surface area contributed by atoms with Crippen LogP contribution in [0.5, 0.6) is 0 Å². The molecule has 0 radical (unpaired) electrons. The molecule has 2 heterocycles. The molecule has 1 fully saturated rings. The summed E-state index contributed by atoms with van der Waals surface area (Å²) < 4.78 is 0. The molecule has 1 unspecified atom stereocenters. The Balaban J connectivity index is 0.00000180. The second-order valence-electron chi connectivity index (χ2n) is 4.96. The van der Waals surface area contributed by atoms with Crippen LogP contribution in [0.2, 0.25) is 0 Å². The van der Waals surface area contributed by atoms with Crippen molar-refractivity contribution in [2.24, 2.45) is 16.6 Å². The minimum Gasteiger partial charge on any atom is -0.370 e. The number of hydrogen-bond donors (Lipinski definition) is 1. The highest BCUT2D eigenvalue weighted by Crippen LogP contribution is 2.15. The second kappa shape index (κ2) is 7.62. The Kier molecular flexibility index (Phi) is 6.47. The van der Waals surface area contributed by atoms with Crippen LogP contribution in [0, 0.1) is 12.8 Å². The number of nitrogens with two attached hydrogens (primary N) is 1. The lowest BCUT2D eigenvalue weighted by atomic mass is 10.0. The Morgan fingerprint density at radius 1 is 1.58 bits per heavy atom. The van der Waals surface area contributed by atoms with Gasteiger partial charge in [0.2, 0.25) is 0 Å². The average Bonchev–Trinajstić information content (AvgIpc) is 2.36. The van der Waals surface area contributed by atoms with Gasteiger partial charge in [0.15, 0.2) is 5.96 Å². The van der Waals surface area contributed by atoms with E-state index in [9.17, 15) is 0 Å². The largest absolute Gasteiger partial charge is 0.370 e. The van der Waals surface area contributed by atoms with E-state index in [1.807, 2.05) is 13.0 Å². The van der Waals surface area contributed by atoms with Crippen LogP contribution < -0.4 is 5.73 Å². The summed E-state index contributed by atoms with van der Waals surface area (Å²) in [6.07, 6.45) is 4.24. The molecule has 106 valence electrons. The van der Waals surface area contributed by atoms with Crippen molar-refractivity contribution in [1.29, 1.82) is 0 Å². The maximum absolute atomic E-state index is 6.03. The standard InChI is InChI=1S/C13H21N5.HI/c1-10-4-3-7-18(9-10)13(14)16-8-12-5-6-15-11(2)17-12;/h5-6,10H,3-4,7-9H2,1-2H3,(H2,14,16);1H. The van der Waals surface area contributed by atoms with Crippen molar-refractivity contribution >= 4 is 29.9 Å². The quantitative estimate of drug-likeness (QED) is 0.488. The summed E-state index contributed by atoms with van der Waals surface area (Å²) in [4.78, 5) is 15.0. The Morgan fingerprint density at radius 2 is 2.37 bits per heavy atom. The molecule has 0 saturated carbocycles. The third kappa shape index (κ3) is 4.93. The van der Waals surface area contributed by atoms with Crippen LogP contribution in [0.25, 0.3) is 0 Å². The van der Waals surface area contributed by atoms with Gasteiger partial charge in [-0.3, -0.25) is 0 Å². The zero-order valence-electron chi connectivity index (χ0n) is 11.5. The Bertz CT molecular complexity index is 435. The minimum atomic E-state index is 0. The van der Waals surface area contributed by atoms with Gasteiger partial charge in [-0.15, -0.1) is 24.0 Å². The van der Waals surface area contributed by atoms with Crippen LogP contribution >= 0.6 is 24.0 Å². The van der Waals surface area contributed by atoms with Crippen LogP contribution in [0.1, 0.15) is 31.3 Å². The molecule has 0 amide bonds. The van der Waals surface area contributed by atoms with Crippen LogP contribution in [-0.4, -0.2) is 33.9 Å². The number of hydrogen-bond acceptors (Lipinski definition) is 3. The van der Waals surface area contributed by atoms with E-state index >= 15 is 0 Å². The first-order valence-electron chi connectivity index (χ1n) is 6.48. The van der Waals surface area contributed by atoms with Gasteiger partial charge in [-0.25, -0.2) is 15.0 Å². The molecule has 19 heavy (non-hydrogen) atoms. The minimum absolute atomic E-state index is 0. The van der Waals surface area contributed by atoms with Crippen LogP contribution in [0.4, 0.5) is 0 Å². The summed E-state index contributed by atoms with van der Waals surface area (Å²) in [7, 11) is 0. The monoisotopic (exact) mass is 375 g/mol. The van der Waals surface area contributed by atoms with Crippen molar-refractivity contribution in [3.63, 3.8) is 0 Å². The lowest BCUT2D eigenvalue weighted by Gasteiger charge is -2.31. The van der Waals surface area contributed by atoms with Crippen molar-refractivity contribution in [2.45, 2.75) is 33.2 Å². The van der Waals surface area contributed by atoms with Crippen molar-refractivity contribution in [2.75, 3.05) is 13.1 Å². The normalized spacial score (nSPS) is 20.0. The van der Waals surface area contributed by atoms with Gasteiger partial charge in [-0.2, -0.15) is 0 Å². The fraction of sp³-hybridized carbons (Fsp3) is 0.615. The number of halogens is 1. The van der Waals surface area contributed by atoms with Gasteiger partial charge in [-0.05, 0) is 31.7 Å². The highest BCUT2D eigenvalue weighted by Gasteiger charge is 2.17. The molecule has 0 aliphatic carbocycles. The van der Waals surface area contributed by atoms with Crippen LogP contribution in [0.3, 0.4) is 0 Å². The van der Waals surface area contributed by atoms with Gasteiger partial charge >= 0.3 is 0 Å². The number of likely N-dealkylation sites (tertiary alicyclic amines) is 1. The van der Waals surface area contributed by atoms with Gasteiger partial charge in [0, 0.05) is 19.3 Å². The van der Waals surface area contributed by atoms with E-state index in [1.165, 1.54) is 12.8 Å².